The fourth-order valence-electron chi connectivity index (χ4n) is 5.64. The van der Waals surface area contributed by atoms with Crippen LogP contribution in [0.4, 0.5) is 17.1 Å². The van der Waals surface area contributed by atoms with E-state index < -0.39 is 0 Å². The Morgan fingerprint density at radius 1 is 1.14 bits per heavy atom. The van der Waals surface area contributed by atoms with Crippen LogP contribution in [0.15, 0.2) is 72.6 Å². The Kier molecular flexibility index (Phi) is 10.8. The summed E-state index contributed by atoms with van der Waals surface area (Å²) in [6.07, 6.45) is 6.65. The lowest BCUT2D eigenvalue weighted by molar-refractivity contribution is -0.142. The molecule has 13 heteroatoms. The van der Waals surface area contributed by atoms with Crippen molar-refractivity contribution in [1.82, 2.24) is 14.9 Å². The summed E-state index contributed by atoms with van der Waals surface area (Å²) in [6.45, 7) is 2.82. The summed E-state index contributed by atoms with van der Waals surface area (Å²) < 4.78 is 22.4. The van der Waals surface area contributed by atoms with E-state index in [2.05, 4.69) is 26.7 Å². The number of nitrogens with zero attached hydrogens (tertiary/aromatic N) is 4. The van der Waals surface area contributed by atoms with Gasteiger partial charge in [0.05, 0.1) is 60.0 Å². The standard InChI is InChI=1S/C36H35ClN6O6/c1-46-35(45)20-43-11-7-23(8-12-43)14-34(44)42-31-16-28-30(17-33(31)49-27-9-13-47-22-27)40-19-24(18-38)36(28)41-25-5-6-32(29(37)15-25)48-21-26-4-2-3-10-39-26/h2-6,10,14-17,19,27H,7-9,11-13,20-22H2,1H3,(H,40,41)(H,42,44). The average Bonchev–Trinajstić information content (AvgIpc) is 3.63. The number of esters is 1. The van der Waals surface area contributed by atoms with Gasteiger partial charge in [0.1, 0.15) is 30.3 Å². The van der Waals surface area contributed by atoms with E-state index in [9.17, 15) is 14.9 Å². The minimum Gasteiger partial charge on any atom is -0.486 e. The molecule has 2 aromatic carbocycles. The maximum Gasteiger partial charge on any atom is 0.319 e. The molecular weight excluding hydrogens is 648 g/mol. The van der Waals surface area contributed by atoms with Crippen LogP contribution in [0.2, 0.25) is 5.02 Å². The summed E-state index contributed by atoms with van der Waals surface area (Å²) >= 11 is 6.59. The molecule has 2 saturated heterocycles. The molecule has 49 heavy (non-hydrogen) atoms. The van der Waals surface area contributed by atoms with E-state index in [1.807, 2.05) is 23.1 Å². The van der Waals surface area contributed by atoms with Crippen molar-refractivity contribution in [3.63, 3.8) is 0 Å². The number of nitrogens with one attached hydrogen (secondary N) is 2. The molecule has 0 aliphatic carbocycles. The fourth-order valence-corrected chi connectivity index (χ4v) is 5.87. The number of amides is 1. The van der Waals surface area contributed by atoms with Crippen LogP contribution in [0.25, 0.3) is 10.9 Å². The van der Waals surface area contributed by atoms with Crippen molar-refractivity contribution in [2.75, 3.05) is 50.6 Å². The quantitative estimate of drug-likeness (QED) is 0.147. The van der Waals surface area contributed by atoms with Crippen molar-refractivity contribution in [2.45, 2.75) is 32.0 Å². The maximum atomic E-state index is 13.4. The van der Waals surface area contributed by atoms with Gasteiger partial charge in [0, 0.05) is 55.1 Å². The number of ether oxygens (including phenoxy) is 4. The third-order valence-corrected chi connectivity index (χ3v) is 8.54. The number of hydrogen-bond donors (Lipinski definition) is 2. The third-order valence-electron chi connectivity index (χ3n) is 8.25. The van der Waals surface area contributed by atoms with Gasteiger partial charge in [0.15, 0.2) is 0 Å². The maximum absolute atomic E-state index is 13.4. The average molecular weight is 683 g/mol. The molecule has 0 radical (unpaired) electrons. The van der Waals surface area contributed by atoms with Crippen molar-refractivity contribution < 1.29 is 28.5 Å². The number of halogens is 1. The molecule has 0 saturated carbocycles. The molecule has 1 amide bonds. The van der Waals surface area contributed by atoms with E-state index in [-0.39, 0.29) is 31.1 Å². The van der Waals surface area contributed by atoms with Crippen LogP contribution in [0.1, 0.15) is 30.5 Å². The molecule has 2 aliphatic rings. The molecular formula is C36H35ClN6O6. The highest BCUT2D eigenvalue weighted by Crippen LogP contribution is 2.38. The Morgan fingerprint density at radius 3 is 2.71 bits per heavy atom. The number of hydrogen-bond acceptors (Lipinski definition) is 11. The second kappa shape index (κ2) is 15.8. The summed E-state index contributed by atoms with van der Waals surface area (Å²) in [6, 6.07) is 16.6. The topological polar surface area (TPSA) is 148 Å². The zero-order chi connectivity index (χ0) is 34.2. The third kappa shape index (κ3) is 8.63. The van der Waals surface area contributed by atoms with Crippen molar-refractivity contribution in [2.24, 2.45) is 0 Å². The van der Waals surface area contributed by atoms with Crippen LogP contribution in [-0.4, -0.2) is 72.8 Å². The van der Waals surface area contributed by atoms with E-state index in [0.717, 1.165) is 11.3 Å². The largest absolute Gasteiger partial charge is 0.486 e. The zero-order valence-corrected chi connectivity index (χ0v) is 27.7. The summed E-state index contributed by atoms with van der Waals surface area (Å²) in [5.74, 6) is 0.345. The SMILES string of the molecule is COC(=O)CN1CCC(=CC(=O)Nc2cc3c(Nc4ccc(OCc5ccccn5)c(Cl)c4)c(C#N)cnc3cc2OC2CCOC2)CC1. The molecule has 12 nitrogen and oxygen atoms in total. The number of piperidine rings is 1. The normalized spacial score (nSPS) is 16.1. The second-order valence-electron chi connectivity index (χ2n) is 11.7. The number of fused-ring (bicyclic) bond motifs is 1. The highest BCUT2D eigenvalue weighted by atomic mass is 35.5. The monoisotopic (exact) mass is 682 g/mol. The molecule has 2 fully saturated rings. The number of benzene rings is 2. The van der Waals surface area contributed by atoms with E-state index in [0.29, 0.717) is 95.6 Å². The summed E-state index contributed by atoms with van der Waals surface area (Å²) in [4.78, 5) is 35.8. The van der Waals surface area contributed by atoms with Crippen LogP contribution in [-0.2, 0) is 25.7 Å². The van der Waals surface area contributed by atoms with Crippen molar-refractivity contribution in [1.29, 1.82) is 5.26 Å². The van der Waals surface area contributed by atoms with Crippen LogP contribution in [0, 0.1) is 11.3 Å². The first-order chi connectivity index (χ1) is 23.9. The van der Waals surface area contributed by atoms with E-state index in [4.69, 9.17) is 30.5 Å². The number of methoxy groups -OCH3 is 1. The van der Waals surface area contributed by atoms with Gasteiger partial charge in [0.2, 0.25) is 5.91 Å². The van der Waals surface area contributed by atoms with Gasteiger partial charge >= 0.3 is 5.97 Å². The first kappa shape index (κ1) is 33.7. The Labute approximate surface area is 288 Å². The highest BCUT2D eigenvalue weighted by molar-refractivity contribution is 6.32. The molecule has 2 aliphatic heterocycles. The first-order valence-electron chi connectivity index (χ1n) is 15.9. The number of pyridine rings is 2. The van der Waals surface area contributed by atoms with Crippen molar-refractivity contribution in [3.8, 4) is 17.6 Å². The van der Waals surface area contributed by atoms with Gasteiger partial charge in [-0.1, -0.05) is 23.2 Å². The number of rotatable bonds is 11. The van der Waals surface area contributed by atoms with Gasteiger partial charge in [-0.3, -0.25) is 24.5 Å². The molecule has 6 rings (SSSR count). The summed E-state index contributed by atoms with van der Waals surface area (Å²) in [5.41, 5.74) is 4.16. The van der Waals surface area contributed by atoms with Gasteiger partial charge in [-0.05, 0) is 49.2 Å². The predicted molar refractivity (Wildman–Crippen MR) is 184 cm³/mol. The number of nitriles is 1. The summed E-state index contributed by atoms with van der Waals surface area (Å²) in [7, 11) is 1.37. The first-order valence-corrected chi connectivity index (χ1v) is 16.3. The van der Waals surface area contributed by atoms with Gasteiger partial charge in [-0.2, -0.15) is 5.26 Å². The molecule has 4 aromatic rings. The molecule has 1 atom stereocenters. The number of carbonyl (C=O) groups is 2. The van der Waals surface area contributed by atoms with Gasteiger partial charge in [-0.15, -0.1) is 0 Å². The van der Waals surface area contributed by atoms with E-state index in [1.165, 1.54) is 13.3 Å². The fraction of sp³-hybridized carbons (Fsp3) is 0.306. The Hall–Kier alpha value is -5.22. The number of aromatic nitrogens is 2. The minimum absolute atomic E-state index is 0.179. The molecule has 2 aromatic heterocycles. The second-order valence-corrected chi connectivity index (χ2v) is 12.1. The van der Waals surface area contributed by atoms with Gasteiger partial charge in [-0.25, -0.2) is 0 Å². The van der Waals surface area contributed by atoms with Crippen LogP contribution in [0.3, 0.4) is 0 Å². The van der Waals surface area contributed by atoms with Crippen molar-refractivity contribution >= 4 is 51.4 Å². The van der Waals surface area contributed by atoms with Gasteiger partial charge < -0.3 is 29.6 Å². The highest BCUT2D eigenvalue weighted by Gasteiger charge is 2.22. The van der Waals surface area contributed by atoms with Crippen molar-refractivity contribution in [3.05, 3.63) is 88.9 Å². The predicted octanol–water partition coefficient (Wildman–Crippen LogP) is 5.78. The lowest BCUT2D eigenvalue weighted by Gasteiger charge is -2.27. The van der Waals surface area contributed by atoms with Gasteiger partial charge in [0.25, 0.3) is 0 Å². The van der Waals surface area contributed by atoms with Crippen LogP contribution >= 0.6 is 11.6 Å². The molecule has 0 bridgehead atoms. The molecule has 252 valence electrons. The summed E-state index contributed by atoms with van der Waals surface area (Å²) in [5, 5.41) is 17.3. The Balaban J connectivity index is 1.26. The lowest BCUT2D eigenvalue weighted by atomic mass is 10.0. The van der Waals surface area contributed by atoms with Crippen LogP contribution < -0.4 is 20.1 Å². The molecule has 0 spiro atoms. The number of likely N-dealkylation sites (tertiary alicyclic amines) is 1. The minimum atomic E-state index is -0.310. The zero-order valence-electron chi connectivity index (χ0n) is 26.9. The van der Waals surface area contributed by atoms with E-state index in [1.54, 1.807) is 42.6 Å². The molecule has 1 unspecified atom stereocenters. The number of anilines is 3. The number of carbonyl (C=O) groups excluding carboxylic acids is 2. The van der Waals surface area contributed by atoms with E-state index >= 15 is 0 Å². The smallest absolute Gasteiger partial charge is 0.319 e. The Bertz CT molecular complexity index is 1900. The lowest BCUT2D eigenvalue weighted by Crippen LogP contribution is -2.35. The Morgan fingerprint density at radius 2 is 2.00 bits per heavy atom. The molecule has 2 N–H and O–H groups in total. The molecule has 4 heterocycles. The van der Waals surface area contributed by atoms with Crippen LogP contribution in [0.5, 0.6) is 11.5 Å².